The molecule has 1 saturated heterocycles. The fraction of sp³-hybridized carbons (Fsp3) is 0.400. The third-order valence-electron chi connectivity index (χ3n) is 5.74. The van der Waals surface area contributed by atoms with E-state index in [1.54, 1.807) is 38.3 Å². The van der Waals surface area contributed by atoms with E-state index in [0.29, 0.717) is 45.0 Å². The molecule has 12 nitrogen and oxygen atoms in total. The van der Waals surface area contributed by atoms with Gasteiger partial charge in [-0.2, -0.15) is 13.2 Å². The van der Waals surface area contributed by atoms with Crippen LogP contribution in [0.25, 0.3) is 0 Å². The van der Waals surface area contributed by atoms with Gasteiger partial charge in [-0.25, -0.2) is 18.0 Å². The molecule has 16 heteroatoms. The number of aromatic carboxylic acids is 1. The van der Waals surface area contributed by atoms with E-state index in [-0.39, 0.29) is 28.6 Å². The summed E-state index contributed by atoms with van der Waals surface area (Å²) in [7, 11) is -2.35. The quantitative estimate of drug-likeness (QED) is 0.295. The van der Waals surface area contributed by atoms with Gasteiger partial charge in [-0.15, -0.1) is 0 Å². The van der Waals surface area contributed by atoms with Gasteiger partial charge in [0.25, 0.3) is 10.0 Å². The number of aryl methyl sites for hydroxylation is 1. The first-order valence-corrected chi connectivity index (χ1v) is 13.6. The van der Waals surface area contributed by atoms with Crippen molar-refractivity contribution in [2.45, 2.75) is 18.0 Å². The fourth-order valence-electron chi connectivity index (χ4n) is 3.71. The number of hydrogen-bond acceptors (Lipinski definition) is 8. The van der Waals surface area contributed by atoms with Crippen molar-refractivity contribution in [3.8, 4) is 0 Å². The zero-order valence-corrected chi connectivity index (χ0v) is 23.1. The van der Waals surface area contributed by atoms with Crippen molar-refractivity contribution in [2.75, 3.05) is 62.6 Å². The summed E-state index contributed by atoms with van der Waals surface area (Å²) >= 11 is 0. The fourth-order valence-corrected chi connectivity index (χ4v) is 4.88. The van der Waals surface area contributed by atoms with E-state index >= 15 is 0 Å². The second-order valence-corrected chi connectivity index (χ2v) is 10.6. The van der Waals surface area contributed by atoms with E-state index in [0.717, 1.165) is 5.56 Å². The van der Waals surface area contributed by atoms with Crippen LogP contribution >= 0.6 is 0 Å². The molecule has 2 aromatic carbocycles. The third kappa shape index (κ3) is 10.5. The van der Waals surface area contributed by atoms with Crippen LogP contribution in [-0.2, 0) is 24.3 Å². The Bertz CT molecular complexity index is 1330. The lowest BCUT2D eigenvalue weighted by Gasteiger charge is -2.36. The Morgan fingerprint density at radius 3 is 2.20 bits per heavy atom. The number of methoxy groups -OCH3 is 1. The number of anilines is 2. The molecule has 3 rings (SSSR count). The number of aliphatic carboxylic acids is 1. The number of nitrogens with one attached hydrogen (secondary N) is 2. The van der Waals surface area contributed by atoms with Crippen LogP contribution in [0.5, 0.6) is 0 Å². The van der Waals surface area contributed by atoms with Gasteiger partial charge < -0.3 is 25.2 Å². The molecule has 1 aliphatic rings. The standard InChI is InChI=1S/C23H30N4O6S.C2HF3O2/c1-17-4-3-5-19(14-17)34(31,32)25-20-15-18(23(29)30)6-7-21(20)27-11-9-26(10-12-27)16-22(28)24-8-13-33-2;3-2(4,5)1(6)7/h3-7,14-15,25H,8-13,16H2,1-2H3,(H,24,28)(H,29,30);(H,6,7). The Labute approximate surface area is 234 Å². The van der Waals surface area contributed by atoms with Crippen molar-refractivity contribution in [3.63, 3.8) is 0 Å². The normalized spacial score (nSPS) is 14.0. The Hall–Kier alpha value is -3.89. The molecule has 4 N–H and O–H groups in total. The minimum Gasteiger partial charge on any atom is -0.478 e. The summed E-state index contributed by atoms with van der Waals surface area (Å²) in [4.78, 5) is 36.6. The number of amides is 1. The Morgan fingerprint density at radius 1 is 1.02 bits per heavy atom. The highest BCUT2D eigenvalue weighted by Crippen LogP contribution is 2.30. The maximum Gasteiger partial charge on any atom is 0.490 e. The molecule has 0 saturated carbocycles. The Balaban J connectivity index is 0.000000745. The van der Waals surface area contributed by atoms with Crippen molar-refractivity contribution >= 4 is 39.2 Å². The van der Waals surface area contributed by atoms with Crippen molar-refractivity contribution in [1.29, 1.82) is 0 Å². The smallest absolute Gasteiger partial charge is 0.478 e. The number of sulfonamides is 1. The highest BCUT2D eigenvalue weighted by atomic mass is 32.2. The minimum atomic E-state index is -5.08. The number of nitrogens with zero attached hydrogens (tertiary/aromatic N) is 2. The van der Waals surface area contributed by atoms with Gasteiger partial charge in [0.1, 0.15) is 0 Å². The molecule has 1 aliphatic heterocycles. The van der Waals surface area contributed by atoms with Crippen LogP contribution in [0.4, 0.5) is 24.5 Å². The molecule has 1 amide bonds. The van der Waals surface area contributed by atoms with Crippen LogP contribution in [-0.4, -0.2) is 101 Å². The van der Waals surface area contributed by atoms with Gasteiger partial charge >= 0.3 is 18.1 Å². The van der Waals surface area contributed by atoms with Gasteiger partial charge in [-0.3, -0.25) is 14.4 Å². The van der Waals surface area contributed by atoms with Crippen molar-refractivity contribution in [1.82, 2.24) is 10.2 Å². The topological polar surface area (TPSA) is 166 Å². The number of alkyl halides is 3. The maximum atomic E-state index is 13.0. The number of benzene rings is 2. The molecule has 0 aromatic heterocycles. The highest BCUT2D eigenvalue weighted by Gasteiger charge is 2.38. The first kappa shape index (κ1) is 33.3. The van der Waals surface area contributed by atoms with Gasteiger partial charge in [0.2, 0.25) is 5.91 Å². The molecular formula is C25H31F3N4O8S. The van der Waals surface area contributed by atoms with Crippen LogP contribution in [0.1, 0.15) is 15.9 Å². The zero-order valence-electron chi connectivity index (χ0n) is 22.3. The Kier molecular flexibility index (Phi) is 11.9. The molecule has 0 spiro atoms. The maximum absolute atomic E-state index is 13.0. The number of carbonyl (C=O) groups is 3. The van der Waals surface area contributed by atoms with E-state index in [4.69, 9.17) is 14.6 Å². The summed E-state index contributed by atoms with van der Waals surface area (Å²) < 4.78 is 65.3. The van der Waals surface area contributed by atoms with Gasteiger partial charge in [0.15, 0.2) is 0 Å². The molecule has 0 radical (unpaired) electrons. The third-order valence-corrected chi connectivity index (χ3v) is 7.10. The van der Waals surface area contributed by atoms with Crippen LogP contribution < -0.4 is 14.9 Å². The van der Waals surface area contributed by atoms with Gasteiger partial charge in [-0.1, -0.05) is 12.1 Å². The summed E-state index contributed by atoms with van der Waals surface area (Å²) in [5, 5.41) is 19.3. The van der Waals surface area contributed by atoms with Crippen LogP contribution in [0.15, 0.2) is 47.4 Å². The molecule has 1 heterocycles. The molecule has 2 aromatic rings. The number of halogens is 3. The zero-order chi connectivity index (χ0) is 30.8. The second-order valence-electron chi connectivity index (χ2n) is 8.87. The number of carboxylic acid groups (broad SMARTS) is 2. The van der Waals surface area contributed by atoms with E-state index in [1.807, 2.05) is 9.80 Å². The predicted molar refractivity (Wildman–Crippen MR) is 143 cm³/mol. The molecule has 0 atom stereocenters. The number of hydrogen-bond donors (Lipinski definition) is 4. The summed E-state index contributed by atoms with van der Waals surface area (Å²) in [6.45, 7) is 5.27. The Morgan fingerprint density at radius 2 is 1.66 bits per heavy atom. The summed E-state index contributed by atoms with van der Waals surface area (Å²) in [5.74, 6) is -3.98. The molecule has 1 fully saturated rings. The molecular weight excluding hydrogens is 573 g/mol. The lowest BCUT2D eigenvalue weighted by Crippen LogP contribution is -2.49. The summed E-state index contributed by atoms with van der Waals surface area (Å²) in [6, 6.07) is 10.9. The number of carboxylic acids is 2. The monoisotopic (exact) mass is 604 g/mol. The summed E-state index contributed by atoms with van der Waals surface area (Å²) in [5.41, 5.74) is 1.57. The van der Waals surface area contributed by atoms with Gasteiger partial charge in [0, 0.05) is 39.8 Å². The van der Waals surface area contributed by atoms with Crippen molar-refractivity contribution in [2.24, 2.45) is 0 Å². The number of ether oxygens (including phenoxy) is 1. The van der Waals surface area contributed by atoms with E-state index < -0.39 is 28.1 Å². The van der Waals surface area contributed by atoms with Crippen molar-refractivity contribution in [3.05, 3.63) is 53.6 Å². The van der Waals surface area contributed by atoms with Crippen LogP contribution in [0.2, 0.25) is 0 Å². The lowest BCUT2D eigenvalue weighted by molar-refractivity contribution is -0.192. The van der Waals surface area contributed by atoms with E-state index in [2.05, 4.69) is 10.0 Å². The van der Waals surface area contributed by atoms with E-state index in [9.17, 15) is 36.3 Å². The predicted octanol–water partition coefficient (Wildman–Crippen LogP) is 2.01. The molecule has 0 bridgehead atoms. The van der Waals surface area contributed by atoms with Gasteiger partial charge in [-0.05, 0) is 42.8 Å². The molecule has 0 unspecified atom stereocenters. The first-order chi connectivity index (χ1) is 19.1. The van der Waals surface area contributed by atoms with Crippen LogP contribution in [0.3, 0.4) is 0 Å². The first-order valence-electron chi connectivity index (χ1n) is 12.1. The largest absolute Gasteiger partial charge is 0.490 e. The van der Waals surface area contributed by atoms with E-state index in [1.165, 1.54) is 18.2 Å². The van der Waals surface area contributed by atoms with Crippen LogP contribution in [0, 0.1) is 6.92 Å². The molecule has 226 valence electrons. The number of rotatable bonds is 10. The lowest BCUT2D eigenvalue weighted by atomic mass is 10.1. The summed E-state index contributed by atoms with van der Waals surface area (Å²) in [6.07, 6.45) is -5.08. The highest BCUT2D eigenvalue weighted by molar-refractivity contribution is 7.92. The minimum absolute atomic E-state index is 0.0166. The molecule has 41 heavy (non-hydrogen) atoms. The SMILES string of the molecule is COCCNC(=O)CN1CCN(c2ccc(C(=O)O)cc2NS(=O)(=O)c2cccc(C)c2)CC1.O=C(O)C(F)(F)F. The average Bonchev–Trinajstić information content (AvgIpc) is 2.89. The second kappa shape index (κ2) is 14.7. The molecule has 0 aliphatic carbocycles. The van der Waals surface area contributed by atoms with Gasteiger partial charge in [0.05, 0.1) is 35.0 Å². The number of piperazine rings is 1. The number of carbonyl (C=O) groups excluding carboxylic acids is 1. The van der Waals surface area contributed by atoms with Crippen molar-refractivity contribution < 1.29 is 50.9 Å². The average molecular weight is 605 g/mol.